The Balaban J connectivity index is 2.42. The molecule has 4 nitrogen and oxygen atoms in total. The van der Waals surface area contributed by atoms with Crippen molar-refractivity contribution in [1.29, 1.82) is 0 Å². The van der Waals surface area contributed by atoms with Crippen molar-refractivity contribution in [2.24, 2.45) is 5.92 Å². The first-order valence-corrected chi connectivity index (χ1v) is 9.51. The highest BCUT2D eigenvalue weighted by Gasteiger charge is 2.36. The molecule has 136 valence electrons. The molecule has 1 rings (SSSR count). The fourth-order valence-corrected chi connectivity index (χ4v) is 2.95. The first kappa shape index (κ1) is 20.6. The second kappa shape index (κ2) is 12.0. The predicted octanol–water partition coefficient (Wildman–Crippen LogP) is 4.55. The number of ether oxygens (including phenoxy) is 1. The van der Waals surface area contributed by atoms with Crippen LogP contribution in [0.25, 0.3) is 0 Å². The van der Waals surface area contributed by atoms with E-state index in [4.69, 9.17) is 4.74 Å². The molecule has 0 aromatic heterocycles. The summed E-state index contributed by atoms with van der Waals surface area (Å²) < 4.78 is 5.40. The highest BCUT2D eigenvalue weighted by atomic mass is 16.5. The van der Waals surface area contributed by atoms with Crippen LogP contribution in [0, 0.1) is 5.92 Å². The largest absolute Gasteiger partial charge is 0.454 e. The van der Waals surface area contributed by atoms with Crippen LogP contribution >= 0.6 is 0 Å². The molecule has 0 aromatic carbocycles. The number of carbonyl (C=O) groups is 3. The number of rotatable bonds is 12. The van der Waals surface area contributed by atoms with Crippen LogP contribution in [0.2, 0.25) is 0 Å². The van der Waals surface area contributed by atoms with E-state index in [9.17, 15) is 14.4 Å². The van der Waals surface area contributed by atoms with E-state index >= 15 is 0 Å². The molecule has 1 saturated carbocycles. The lowest BCUT2D eigenvalue weighted by atomic mass is 10.0. The molecule has 1 fully saturated rings. The Bertz CT molecular complexity index is 439. The van der Waals surface area contributed by atoms with Crippen LogP contribution in [0.4, 0.5) is 0 Å². The second-order valence-corrected chi connectivity index (χ2v) is 6.67. The van der Waals surface area contributed by atoms with Crippen LogP contribution in [-0.4, -0.2) is 23.6 Å². The molecule has 0 bridgehead atoms. The number of carbonyl (C=O) groups excluding carboxylic acids is 3. The molecule has 0 aromatic rings. The van der Waals surface area contributed by atoms with E-state index in [0.717, 1.165) is 44.9 Å². The lowest BCUT2D eigenvalue weighted by Crippen LogP contribution is -2.27. The maximum atomic E-state index is 12.0. The van der Waals surface area contributed by atoms with Gasteiger partial charge in [-0.1, -0.05) is 52.0 Å². The molecular weight excluding hydrogens is 304 g/mol. The third-order valence-corrected chi connectivity index (χ3v) is 4.48. The van der Waals surface area contributed by atoms with E-state index in [0.29, 0.717) is 25.7 Å². The Morgan fingerprint density at radius 1 is 1.04 bits per heavy atom. The van der Waals surface area contributed by atoms with Gasteiger partial charge in [-0.05, 0) is 25.3 Å². The number of hydrogen-bond donors (Lipinski definition) is 0. The van der Waals surface area contributed by atoms with Crippen molar-refractivity contribution in [3.8, 4) is 0 Å². The van der Waals surface area contributed by atoms with Gasteiger partial charge in [-0.25, -0.2) is 0 Å². The molecule has 0 N–H and O–H groups in total. The maximum absolute atomic E-state index is 12.0. The summed E-state index contributed by atoms with van der Waals surface area (Å²) in [5.41, 5.74) is 0. The lowest BCUT2D eigenvalue weighted by molar-refractivity contribution is -0.155. The predicted molar refractivity (Wildman–Crippen MR) is 94.7 cm³/mol. The van der Waals surface area contributed by atoms with Crippen molar-refractivity contribution >= 4 is 17.5 Å². The fraction of sp³-hybridized carbons (Fsp3) is 0.750. The van der Waals surface area contributed by atoms with E-state index in [1.807, 2.05) is 0 Å². The van der Waals surface area contributed by atoms with Gasteiger partial charge in [0.2, 0.25) is 0 Å². The fourth-order valence-electron chi connectivity index (χ4n) is 2.95. The summed E-state index contributed by atoms with van der Waals surface area (Å²) in [4.78, 5) is 35.7. The van der Waals surface area contributed by atoms with E-state index in [1.54, 1.807) is 12.2 Å². The first-order chi connectivity index (χ1) is 11.6. The monoisotopic (exact) mass is 336 g/mol. The topological polar surface area (TPSA) is 60.4 Å². The Morgan fingerprint density at radius 3 is 2.42 bits per heavy atom. The summed E-state index contributed by atoms with van der Waals surface area (Å²) in [5.74, 6) is -0.372. The van der Waals surface area contributed by atoms with Crippen molar-refractivity contribution in [1.82, 2.24) is 0 Å². The van der Waals surface area contributed by atoms with Gasteiger partial charge in [-0.2, -0.15) is 0 Å². The summed E-state index contributed by atoms with van der Waals surface area (Å²) >= 11 is 0. The Hall–Kier alpha value is -1.45. The summed E-state index contributed by atoms with van der Waals surface area (Å²) in [6, 6.07) is 0. The normalized spacial score (nSPS) is 20.7. The van der Waals surface area contributed by atoms with Crippen molar-refractivity contribution in [3.05, 3.63) is 12.2 Å². The van der Waals surface area contributed by atoms with E-state index in [2.05, 4.69) is 13.8 Å². The number of unbranched alkanes of at least 4 members (excludes halogenated alkanes) is 5. The van der Waals surface area contributed by atoms with Crippen LogP contribution in [-0.2, 0) is 19.1 Å². The molecule has 0 radical (unpaired) electrons. The number of esters is 1. The molecule has 2 unspecified atom stereocenters. The number of hydrogen-bond acceptors (Lipinski definition) is 4. The minimum absolute atomic E-state index is 0.0232. The molecule has 0 spiro atoms. The van der Waals surface area contributed by atoms with E-state index in [1.165, 1.54) is 0 Å². The minimum Gasteiger partial charge on any atom is -0.454 e. The van der Waals surface area contributed by atoms with Gasteiger partial charge in [-0.15, -0.1) is 0 Å². The van der Waals surface area contributed by atoms with Gasteiger partial charge in [0, 0.05) is 25.2 Å². The average Bonchev–Trinajstić information content (AvgIpc) is 2.90. The summed E-state index contributed by atoms with van der Waals surface area (Å²) in [5, 5.41) is 0. The van der Waals surface area contributed by atoms with Gasteiger partial charge in [0.1, 0.15) is 0 Å². The van der Waals surface area contributed by atoms with E-state index < -0.39 is 6.10 Å². The third kappa shape index (κ3) is 7.89. The van der Waals surface area contributed by atoms with Gasteiger partial charge in [0.05, 0.1) is 0 Å². The van der Waals surface area contributed by atoms with Crippen molar-refractivity contribution in [2.75, 3.05) is 0 Å². The van der Waals surface area contributed by atoms with Gasteiger partial charge in [0.15, 0.2) is 17.7 Å². The van der Waals surface area contributed by atoms with Crippen molar-refractivity contribution < 1.29 is 19.1 Å². The average molecular weight is 336 g/mol. The zero-order chi connectivity index (χ0) is 17.8. The van der Waals surface area contributed by atoms with Gasteiger partial charge in [0.25, 0.3) is 0 Å². The van der Waals surface area contributed by atoms with Gasteiger partial charge >= 0.3 is 5.97 Å². The summed E-state index contributed by atoms with van der Waals surface area (Å²) in [7, 11) is 0. The van der Waals surface area contributed by atoms with E-state index in [-0.39, 0.29) is 23.5 Å². The van der Waals surface area contributed by atoms with Gasteiger partial charge in [-0.3, -0.25) is 14.4 Å². The van der Waals surface area contributed by atoms with Crippen LogP contribution in [0.5, 0.6) is 0 Å². The van der Waals surface area contributed by atoms with Crippen molar-refractivity contribution in [2.45, 2.75) is 90.6 Å². The lowest BCUT2D eigenvalue weighted by Gasteiger charge is -2.16. The highest BCUT2D eigenvalue weighted by Crippen LogP contribution is 2.27. The van der Waals surface area contributed by atoms with Crippen LogP contribution in [0.1, 0.15) is 84.5 Å². The van der Waals surface area contributed by atoms with Gasteiger partial charge < -0.3 is 4.74 Å². The second-order valence-electron chi connectivity index (χ2n) is 6.67. The molecule has 1 aliphatic carbocycles. The number of ketones is 2. The Morgan fingerprint density at radius 2 is 1.71 bits per heavy atom. The molecule has 24 heavy (non-hydrogen) atoms. The van der Waals surface area contributed by atoms with Crippen LogP contribution in [0.15, 0.2) is 12.2 Å². The summed E-state index contributed by atoms with van der Waals surface area (Å²) in [6.45, 7) is 4.22. The maximum Gasteiger partial charge on any atom is 0.306 e. The molecule has 0 aliphatic heterocycles. The molecule has 0 amide bonds. The first-order valence-electron chi connectivity index (χ1n) is 9.51. The Labute approximate surface area is 146 Å². The van der Waals surface area contributed by atoms with Crippen molar-refractivity contribution in [3.63, 3.8) is 0 Å². The third-order valence-electron chi connectivity index (χ3n) is 4.48. The minimum atomic E-state index is -0.691. The smallest absolute Gasteiger partial charge is 0.306 e. The quantitative estimate of drug-likeness (QED) is 0.298. The van der Waals surface area contributed by atoms with Crippen LogP contribution < -0.4 is 0 Å². The Kier molecular flexibility index (Phi) is 10.3. The number of Topliss-reactive ketones (excluding diaryl/α,β-unsaturated/α-hetero) is 1. The SMILES string of the molecule is CCCCCCC(=O)OC1C(=O)CCC1C=CC(=O)CCCCC. The molecule has 1 aliphatic rings. The van der Waals surface area contributed by atoms with Crippen LogP contribution in [0.3, 0.4) is 0 Å². The zero-order valence-corrected chi connectivity index (χ0v) is 15.2. The molecule has 0 heterocycles. The molecule has 2 atom stereocenters. The molecule has 4 heteroatoms. The summed E-state index contributed by atoms with van der Waals surface area (Å²) in [6.07, 6.45) is 11.8. The standard InChI is InChI=1S/C20H32O4/c1-3-5-7-9-11-19(23)24-20-16(13-15-18(20)22)12-14-17(21)10-8-6-4-2/h12,14,16,20H,3-11,13,15H2,1-2H3. The zero-order valence-electron chi connectivity index (χ0n) is 15.2. The highest BCUT2D eigenvalue weighted by molar-refractivity contribution is 5.91. The molecular formula is C20H32O4. The molecule has 0 saturated heterocycles. The number of allylic oxidation sites excluding steroid dienone is 1.